The first-order chi connectivity index (χ1) is 11.8. The molecule has 0 amide bonds. The van der Waals surface area contributed by atoms with Crippen LogP contribution in [0.3, 0.4) is 0 Å². The van der Waals surface area contributed by atoms with Crippen LogP contribution < -0.4 is 5.32 Å². The van der Waals surface area contributed by atoms with Crippen molar-refractivity contribution in [2.45, 2.75) is 32.1 Å². The second-order valence-corrected chi connectivity index (χ2v) is 6.20. The van der Waals surface area contributed by atoms with E-state index in [1.807, 2.05) is 24.3 Å². The standard InChI is InChI=1S/C20H20N4/c21-14-17-7-8-19(23-15-17)24-16-20(10-3-1-4-11-20)12-9-18-6-2-5-13-22-18/h2,5-8,13,15H,1,3-4,10-11,16H2,(H,23,24). The Kier molecular flexibility index (Phi) is 5.08. The van der Waals surface area contributed by atoms with Crippen LogP contribution in [0.2, 0.25) is 0 Å². The Hall–Kier alpha value is -2.85. The molecule has 4 heteroatoms. The largest absolute Gasteiger partial charge is 0.369 e. The quantitative estimate of drug-likeness (QED) is 0.876. The third-order valence-corrected chi connectivity index (χ3v) is 4.43. The predicted molar refractivity (Wildman–Crippen MR) is 94.1 cm³/mol. The van der Waals surface area contributed by atoms with Crippen LogP contribution in [0.5, 0.6) is 0 Å². The van der Waals surface area contributed by atoms with Gasteiger partial charge in [0.25, 0.3) is 0 Å². The normalized spacial score (nSPS) is 15.6. The number of nitriles is 1. The first-order valence-corrected chi connectivity index (χ1v) is 8.34. The van der Waals surface area contributed by atoms with Crippen molar-refractivity contribution >= 4 is 5.82 Å². The number of hydrogen-bond donors (Lipinski definition) is 1. The molecule has 0 unspecified atom stereocenters. The van der Waals surface area contributed by atoms with Gasteiger partial charge in [-0.15, -0.1) is 0 Å². The number of pyridine rings is 2. The van der Waals surface area contributed by atoms with Gasteiger partial charge in [0, 0.05) is 24.4 Å². The molecule has 1 aliphatic carbocycles. The van der Waals surface area contributed by atoms with Crippen molar-refractivity contribution in [3.05, 3.63) is 54.0 Å². The van der Waals surface area contributed by atoms with Crippen molar-refractivity contribution in [2.75, 3.05) is 11.9 Å². The van der Waals surface area contributed by atoms with E-state index in [0.717, 1.165) is 30.9 Å². The van der Waals surface area contributed by atoms with Crippen molar-refractivity contribution in [1.29, 1.82) is 5.26 Å². The van der Waals surface area contributed by atoms with E-state index in [0.29, 0.717) is 5.56 Å². The zero-order valence-electron chi connectivity index (χ0n) is 13.6. The smallest absolute Gasteiger partial charge is 0.126 e. The summed E-state index contributed by atoms with van der Waals surface area (Å²) in [6.07, 6.45) is 9.25. The molecule has 1 aliphatic rings. The van der Waals surface area contributed by atoms with Crippen molar-refractivity contribution in [2.24, 2.45) is 5.41 Å². The number of rotatable bonds is 3. The monoisotopic (exact) mass is 316 g/mol. The minimum Gasteiger partial charge on any atom is -0.369 e. The van der Waals surface area contributed by atoms with Gasteiger partial charge < -0.3 is 5.32 Å². The molecule has 1 saturated carbocycles. The molecule has 2 aromatic heterocycles. The predicted octanol–water partition coefficient (Wildman–Crippen LogP) is 3.76. The van der Waals surface area contributed by atoms with Gasteiger partial charge >= 0.3 is 0 Å². The number of hydrogen-bond acceptors (Lipinski definition) is 4. The summed E-state index contributed by atoms with van der Waals surface area (Å²) in [6, 6.07) is 11.5. The van der Waals surface area contributed by atoms with Gasteiger partial charge in [0.2, 0.25) is 0 Å². The highest BCUT2D eigenvalue weighted by molar-refractivity contribution is 5.40. The van der Waals surface area contributed by atoms with Crippen LogP contribution in [-0.4, -0.2) is 16.5 Å². The maximum Gasteiger partial charge on any atom is 0.126 e. The summed E-state index contributed by atoms with van der Waals surface area (Å²) in [5.41, 5.74) is 1.35. The fourth-order valence-corrected chi connectivity index (χ4v) is 3.03. The summed E-state index contributed by atoms with van der Waals surface area (Å²) in [4.78, 5) is 8.58. The lowest BCUT2D eigenvalue weighted by molar-refractivity contribution is 0.287. The van der Waals surface area contributed by atoms with E-state index in [4.69, 9.17) is 5.26 Å². The molecule has 1 N–H and O–H groups in total. The number of nitrogens with zero attached hydrogens (tertiary/aromatic N) is 3. The van der Waals surface area contributed by atoms with Gasteiger partial charge in [0.1, 0.15) is 17.6 Å². The van der Waals surface area contributed by atoms with Crippen molar-refractivity contribution < 1.29 is 0 Å². The zero-order valence-corrected chi connectivity index (χ0v) is 13.6. The number of anilines is 1. The lowest BCUT2D eigenvalue weighted by Gasteiger charge is -2.32. The molecule has 0 bridgehead atoms. The summed E-state index contributed by atoms with van der Waals surface area (Å²) < 4.78 is 0. The Morgan fingerprint density at radius 2 is 1.96 bits per heavy atom. The molecular weight excluding hydrogens is 296 g/mol. The van der Waals surface area contributed by atoms with Gasteiger partial charge in [-0.3, -0.25) is 0 Å². The van der Waals surface area contributed by atoms with Crippen LogP contribution in [0.4, 0.5) is 5.82 Å². The van der Waals surface area contributed by atoms with E-state index < -0.39 is 0 Å². The molecule has 2 aromatic rings. The molecular formula is C20H20N4. The fourth-order valence-electron chi connectivity index (χ4n) is 3.03. The first kappa shape index (κ1) is 16.0. The maximum absolute atomic E-state index is 8.85. The molecule has 0 aliphatic heterocycles. The lowest BCUT2D eigenvalue weighted by Crippen LogP contribution is -2.31. The van der Waals surface area contributed by atoms with Crippen LogP contribution in [0.25, 0.3) is 0 Å². The van der Waals surface area contributed by atoms with Crippen molar-refractivity contribution in [1.82, 2.24) is 9.97 Å². The van der Waals surface area contributed by atoms with Gasteiger partial charge in [-0.2, -0.15) is 5.26 Å². The van der Waals surface area contributed by atoms with E-state index in [2.05, 4.69) is 33.2 Å². The van der Waals surface area contributed by atoms with Gasteiger partial charge in [-0.05, 0) is 43.0 Å². The molecule has 0 saturated heterocycles. The van der Waals surface area contributed by atoms with Crippen molar-refractivity contribution in [3.63, 3.8) is 0 Å². The highest BCUT2D eigenvalue weighted by Crippen LogP contribution is 2.36. The maximum atomic E-state index is 8.85. The first-order valence-electron chi connectivity index (χ1n) is 8.34. The van der Waals surface area contributed by atoms with Gasteiger partial charge in [0.15, 0.2) is 0 Å². The van der Waals surface area contributed by atoms with E-state index in [1.165, 1.54) is 19.3 Å². The second kappa shape index (κ2) is 7.62. The highest BCUT2D eigenvalue weighted by atomic mass is 15.0. The molecule has 3 rings (SSSR count). The fraction of sp³-hybridized carbons (Fsp3) is 0.350. The summed E-state index contributed by atoms with van der Waals surface area (Å²) >= 11 is 0. The minimum absolute atomic E-state index is 0.0364. The summed E-state index contributed by atoms with van der Waals surface area (Å²) in [7, 11) is 0. The number of nitrogens with one attached hydrogen (secondary N) is 1. The Morgan fingerprint density at radius 1 is 1.08 bits per heavy atom. The summed E-state index contributed by atoms with van der Waals surface area (Å²) in [6.45, 7) is 0.770. The third-order valence-electron chi connectivity index (χ3n) is 4.43. The second-order valence-electron chi connectivity index (χ2n) is 6.20. The molecule has 0 atom stereocenters. The van der Waals surface area contributed by atoms with Crippen LogP contribution >= 0.6 is 0 Å². The van der Waals surface area contributed by atoms with E-state index in [1.54, 1.807) is 18.5 Å². The van der Waals surface area contributed by atoms with Crippen LogP contribution in [-0.2, 0) is 0 Å². The summed E-state index contributed by atoms with van der Waals surface area (Å²) in [5, 5.41) is 12.2. The molecule has 2 heterocycles. The number of aromatic nitrogens is 2. The SMILES string of the molecule is N#Cc1ccc(NCC2(C#Cc3ccccn3)CCCCC2)nc1. The zero-order chi connectivity index (χ0) is 16.7. The molecule has 120 valence electrons. The Balaban J connectivity index is 1.73. The van der Waals surface area contributed by atoms with E-state index in [9.17, 15) is 0 Å². The lowest BCUT2D eigenvalue weighted by atomic mass is 9.74. The molecule has 4 nitrogen and oxygen atoms in total. The Morgan fingerprint density at radius 3 is 2.62 bits per heavy atom. The van der Waals surface area contributed by atoms with Gasteiger partial charge in [-0.1, -0.05) is 31.2 Å². The molecule has 24 heavy (non-hydrogen) atoms. The van der Waals surface area contributed by atoms with Crippen LogP contribution in [0.1, 0.15) is 43.4 Å². The average Bonchev–Trinajstić information content (AvgIpc) is 2.67. The van der Waals surface area contributed by atoms with Crippen molar-refractivity contribution in [3.8, 4) is 17.9 Å². The Bertz CT molecular complexity index is 757. The average molecular weight is 316 g/mol. The Labute approximate surface area is 143 Å². The van der Waals surface area contributed by atoms with E-state index in [-0.39, 0.29) is 5.41 Å². The summed E-state index contributed by atoms with van der Waals surface area (Å²) in [5.74, 6) is 7.52. The van der Waals surface area contributed by atoms with Crippen LogP contribution in [0.15, 0.2) is 42.7 Å². The van der Waals surface area contributed by atoms with E-state index >= 15 is 0 Å². The highest BCUT2D eigenvalue weighted by Gasteiger charge is 2.30. The van der Waals surface area contributed by atoms with Gasteiger partial charge in [0.05, 0.1) is 5.56 Å². The molecule has 0 aromatic carbocycles. The van der Waals surface area contributed by atoms with Crippen LogP contribution in [0, 0.1) is 28.6 Å². The van der Waals surface area contributed by atoms with Gasteiger partial charge in [-0.25, -0.2) is 9.97 Å². The molecule has 0 spiro atoms. The third kappa shape index (κ3) is 4.12. The molecule has 0 radical (unpaired) electrons. The molecule has 1 fully saturated rings. The topological polar surface area (TPSA) is 61.6 Å². The minimum atomic E-state index is -0.0364.